The second kappa shape index (κ2) is 4.57. The number of pyridine rings is 1. The predicted molar refractivity (Wildman–Crippen MR) is 47.8 cm³/mol. The largest absolute Gasteiger partial charge is 0.465 e. The Kier molecular flexibility index (Phi) is 3.40. The van der Waals surface area contributed by atoms with Crippen LogP contribution in [-0.2, 0) is 9.53 Å². The molecule has 70 valence electrons. The molecule has 0 aliphatic heterocycles. The van der Waals surface area contributed by atoms with E-state index in [9.17, 15) is 4.79 Å². The van der Waals surface area contributed by atoms with Crippen LogP contribution in [0.3, 0.4) is 0 Å². The zero-order valence-corrected chi connectivity index (χ0v) is 7.43. The maximum atomic E-state index is 11.2. The highest BCUT2D eigenvalue weighted by Gasteiger charge is 2.15. The van der Waals surface area contributed by atoms with Gasteiger partial charge in [0.05, 0.1) is 6.61 Å². The van der Waals surface area contributed by atoms with E-state index in [0.717, 1.165) is 0 Å². The molecule has 0 bridgehead atoms. The van der Waals surface area contributed by atoms with Crippen molar-refractivity contribution in [3.05, 3.63) is 30.1 Å². The van der Waals surface area contributed by atoms with Gasteiger partial charge in [0, 0.05) is 12.4 Å². The fraction of sp³-hybridized carbons (Fsp3) is 0.333. The topological polar surface area (TPSA) is 65.2 Å². The Morgan fingerprint density at radius 1 is 1.62 bits per heavy atom. The number of ether oxygens (including phenoxy) is 1. The van der Waals surface area contributed by atoms with Crippen LogP contribution in [-0.4, -0.2) is 17.6 Å². The van der Waals surface area contributed by atoms with Crippen LogP contribution in [0.2, 0.25) is 0 Å². The molecule has 0 fully saturated rings. The number of carbonyl (C=O) groups excluding carboxylic acids is 1. The molecule has 0 radical (unpaired) electrons. The Bertz CT molecular complexity index is 274. The fourth-order valence-electron chi connectivity index (χ4n) is 0.939. The van der Waals surface area contributed by atoms with Gasteiger partial charge in [0.2, 0.25) is 0 Å². The Balaban J connectivity index is 2.68. The van der Waals surface area contributed by atoms with E-state index in [-0.39, 0.29) is 0 Å². The van der Waals surface area contributed by atoms with Crippen LogP contribution >= 0.6 is 0 Å². The average Bonchev–Trinajstić information content (AvgIpc) is 2.18. The average molecular weight is 180 g/mol. The van der Waals surface area contributed by atoms with E-state index in [0.29, 0.717) is 12.2 Å². The summed E-state index contributed by atoms with van der Waals surface area (Å²) in [5.41, 5.74) is 6.34. The normalized spacial score (nSPS) is 12.2. The second-order valence-corrected chi connectivity index (χ2v) is 2.51. The molecule has 0 aliphatic rings. The van der Waals surface area contributed by atoms with E-state index >= 15 is 0 Å². The SMILES string of the molecule is CCOC(=O)C(N)c1ccncc1. The van der Waals surface area contributed by atoms with Crippen LogP contribution in [0, 0.1) is 0 Å². The Morgan fingerprint density at radius 2 is 2.23 bits per heavy atom. The molecule has 0 amide bonds. The third-order valence-electron chi connectivity index (χ3n) is 1.61. The quantitative estimate of drug-likeness (QED) is 0.693. The number of aromatic nitrogens is 1. The summed E-state index contributed by atoms with van der Waals surface area (Å²) in [7, 11) is 0. The van der Waals surface area contributed by atoms with Gasteiger partial charge in [-0.15, -0.1) is 0 Å². The first kappa shape index (κ1) is 9.67. The van der Waals surface area contributed by atoms with Crippen LogP contribution in [0.1, 0.15) is 18.5 Å². The number of hydrogen-bond donors (Lipinski definition) is 1. The molecule has 1 unspecified atom stereocenters. The Morgan fingerprint density at radius 3 is 2.77 bits per heavy atom. The molecule has 0 aromatic carbocycles. The first-order chi connectivity index (χ1) is 6.25. The number of nitrogens with two attached hydrogens (primary N) is 1. The predicted octanol–water partition coefficient (Wildman–Crippen LogP) is 0.644. The molecule has 1 atom stereocenters. The van der Waals surface area contributed by atoms with Gasteiger partial charge in [-0.25, -0.2) is 4.79 Å². The molecule has 4 heteroatoms. The fourth-order valence-corrected chi connectivity index (χ4v) is 0.939. The zero-order chi connectivity index (χ0) is 9.68. The Hall–Kier alpha value is -1.42. The van der Waals surface area contributed by atoms with Crippen LogP contribution in [0.25, 0.3) is 0 Å². The highest BCUT2D eigenvalue weighted by Crippen LogP contribution is 2.09. The van der Waals surface area contributed by atoms with Crippen molar-refractivity contribution in [1.82, 2.24) is 4.98 Å². The minimum Gasteiger partial charge on any atom is -0.465 e. The lowest BCUT2D eigenvalue weighted by Gasteiger charge is -2.09. The maximum Gasteiger partial charge on any atom is 0.327 e. The maximum absolute atomic E-state index is 11.2. The minimum absolute atomic E-state index is 0.345. The lowest BCUT2D eigenvalue weighted by molar-refractivity contribution is -0.144. The van der Waals surface area contributed by atoms with E-state index in [1.807, 2.05) is 0 Å². The summed E-state index contributed by atoms with van der Waals surface area (Å²) in [4.78, 5) is 15.0. The van der Waals surface area contributed by atoms with E-state index in [2.05, 4.69) is 4.98 Å². The van der Waals surface area contributed by atoms with Crippen molar-refractivity contribution < 1.29 is 9.53 Å². The Labute approximate surface area is 76.7 Å². The summed E-state index contributed by atoms with van der Waals surface area (Å²) < 4.78 is 4.77. The first-order valence-electron chi connectivity index (χ1n) is 4.08. The highest BCUT2D eigenvalue weighted by atomic mass is 16.5. The molecule has 1 rings (SSSR count). The highest BCUT2D eigenvalue weighted by molar-refractivity contribution is 5.77. The lowest BCUT2D eigenvalue weighted by atomic mass is 10.1. The van der Waals surface area contributed by atoms with Gasteiger partial charge in [0.1, 0.15) is 6.04 Å². The third-order valence-corrected chi connectivity index (χ3v) is 1.61. The summed E-state index contributed by atoms with van der Waals surface area (Å²) in [5, 5.41) is 0. The van der Waals surface area contributed by atoms with Gasteiger partial charge in [-0.3, -0.25) is 4.98 Å². The molecule has 2 N–H and O–H groups in total. The monoisotopic (exact) mass is 180 g/mol. The molecule has 4 nitrogen and oxygen atoms in total. The smallest absolute Gasteiger partial charge is 0.327 e. The van der Waals surface area contributed by atoms with E-state index in [4.69, 9.17) is 10.5 Å². The van der Waals surface area contributed by atoms with Gasteiger partial charge >= 0.3 is 5.97 Å². The summed E-state index contributed by atoms with van der Waals surface area (Å²) in [6.07, 6.45) is 3.18. The lowest BCUT2D eigenvalue weighted by Crippen LogP contribution is -2.23. The zero-order valence-electron chi connectivity index (χ0n) is 7.43. The standard InChI is InChI=1S/C9H12N2O2/c1-2-13-9(12)8(10)7-3-5-11-6-4-7/h3-6,8H,2,10H2,1H3. The number of nitrogens with zero attached hydrogens (tertiary/aromatic N) is 1. The molecule has 0 saturated carbocycles. The molecular formula is C9H12N2O2. The summed E-state index contributed by atoms with van der Waals surface area (Å²) in [6.45, 7) is 2.09. The summed E-state index contributed by atoms with van der Waals surface area (Å²) >= 11 is 0. The van der Waals surface area contributed by atoms with Crippen LogP contribution < -0.4 is 5.73 Å². The molecule has 13 heavy (non-hydrogen) atoms. The first-order valence-corrected chi connectivity index (χ1v) is 4.08. The van der Waals surface area contributed by atoms with Gasteiger partial charge < -0.3 is 10.5 Å². The van der Waals surface area contributed by atoms with Crippen LogP contribution in [0.4, 0.5) is 0 Å². The molecular weight excluding hydrogens is 168 g/mol. The molecule has 1 aromatic heterocycles. The molecule has 1 aromatic rings. The van der Waals surface area contributed by atoms with E-state index in [1.54, 1.807) is 31.5 Å². The van der Waals surface area contributed by atoms with Gasteiger partial charge in [0.25, 0.3) is 0 Å². The molecule has 0 aliphatic carbocycles. The van der Waals surface area contributed by atoms with Crippen LogP contribution in [0.5, 0.6) is 0 Å². The number of rotatable bonds is 3. The van der Waals surface area contributed by atoms with Crippen LogP contribution in [0.15, 0.2) is 24.5 Å². The third kappa shape index (κ3) is 2.52. The van der Waals surface area contributed by atoms with E-state index in [1.165, 1.54) is 0 Å². The van der Waals surface area contributed by atoms with Crippen molar-refractivity contribution in [3.8, 4) is 0 Å². The molecule has 0 spiro atoms. The van der Waals surface area contributed by atoms with Gasteiger partial charge in [-0.1, -0.05) is 0 Å². The van der Waals surface area contributed by atoms with Crippen molar-refractivity contribution >= 4 is 5.97 Å². The van der Waals surface area contributed by atoms with Crippen molar-refractivity contribution in [1.29, 1.82) is 0 Å². The number of esters is 1. The van der Waals surface area contributed by atoms with Crippen molar-refractivity contribution in [2.45, 2.75) is 13.0 Å². The van der Waals surface area contributed by atoms with Crippen molar-refractivity contribution in [2.24, 2.45) is 5.73 Å². The summed E-state index contributed by atoms with van der Waals surface area (Å²) in [6, 6.07) is 2.69. The number of carbonyl (C=O) groups is 1. The van der Waals surface area contributed by atoms with Crippen molar-refractivity contribution in [2.75, 3.05) is 6.61 Å². The minimum atomic E-state index is -0.706. The van der Waals surface area contributed by atoms with E-state index < -0.39 is 12.0 Å². The second-order valence-electron chi connectivity index (χ2n) is 2.51. The van der Waals surface area contributed by atoms with Crippen molar-refractivity contribution in [3.63, 3.8) is 0 Å². The molecule has 1 heterocycles. The van der Waals surface area contributed by atoms with Gasteiger partial charge in [-0.2, -0.15) is 0 Å². The van der Waals surface area contributed by atoms with Gasteiger partial charge in [-0.05, 0) is 24.6 Å². The summed E-state index contributed by atoms with van der Waals surface area (Å²) in [5.74, 6) is -0.409. The van der Waals surface area contributed by atoms with Gasteiger partial charge in [0.15, 0.2) is 0 Å². The molecule has 0 saturated heterocycles. The number of hydrogen-bond acceptors (Lipinski definition) is 4.